The van der Waals surface area contributed by atoms with Gasteiger partial charge < -0.3 is 15.2 Å². The fourth-order valence-corrected chi connectivity index (χ4v) is 3.86. The summed E-state index contributed by atoms with van der Waals surface area (Å²) >= 11 is 0. The van der Waals surface area contributed by atoms with Gasteiger partial charge in [-0.25, -0.2) is 0 Å². The van der Waals surface area contributed by atoms with Gasteiger partial charge in [-0.3, -0.25) is 9.59 Å². The average Bonchev–Trinajstić information content (AvgIpc) is 3.44. The largest absolute Gasteiger partial charge is 0.361 e. The Balaban J connectivity index is 1.20. The van der Waals surface area contributed by atoms with Crippen molar-refractivity contribution in [2.24, 2.45) is 5.92 Å². The van der Waals surface area contributed by atoms with Gasteiger partial charge in [0.25, 0.3) is 0 Å². The number of hydrogen-bond donors (Lipinski definition) is 2. The summed E-state index contributed by atoms with van der Waals surface area (Å²) in [5.74, 6) is 0.726. The minimum atomic E-state index is 0.216. The molecular formula is C21H27N3O2. The molecule has 2 fully saturated rings. The van der Waals surface area contributed by atoms with E-state index >= 15 is 0 Å². The van der Waals surface area contributed by atoms with Crippen LogP contribution in [-0.2, 0) is 16.0 Å². The number of amides is 2. The Bertz CT molecular complexity index is 785. The van der Waals surface area contributed by atoms with Crippen molar-refractivity contribution < 1.29 is 9.59 Å². The molecular weight excluding hydrogens is 326 g/mol. The molecule has 1 saturated carbocycles. The predicted octanol–water partition coefficient (Wildman–Crippen LogP) is 3.01. The van der Waals surface area contributed by atoms with Gasteiger partial charge in [-0.1, -0.05) is 18.2 Å². The average molecular weight is 353 g/mol. The van der Waals surface area contributed by atoms with Crippen molar-refractivity contribution in [1.29, 1.82) is 0 Å². The van der Waals surface area contributed by atoms with E-state index in [2.05, 4.69) is 34.7 Å². The Kier molecular flexibility index (Phi) is 4.96. The van der Waals surface area contributed by atoms with Crippen molar-refractivity contribution in [2.45, 2.75) is 51.0 Å². The summed E-state index contributed by atoms with van der Waals surface area (Å²) in [6, 6.07) is 8.54. The van der Waals surface area contributed by atoms with E-state index in [-0.39, 0.29) is 23.8 Å². The molecule has 0 bridgehead atoms. The number of para-hydroxylation sites is 1. The number of carbonyl (C=O) groups excluding carboxylic acids is 2. The Morgan fingerprint density at radius 2 is 1.88 bits per heavy atom. The van der Waals surface area contributed by atoms with Crippen molar-refractivity contribution in [3.05, 3.63) is 36.0 Å². The smallest absolute Gasteiger partial charge is 0.223 e. The number of rotatable bonds is 6. The Hall–Kier alpha value is -2.30. The zero-order chi connectivity index (χ0) is 17.9. The number of hydrogen-bond acceptors (Lipinski definition) is 2. The van der Waals surface area contributed by atoms with Crippen LogP contribution in [0.15, 0.2) is 30.5 Å². The summed E-state index contributed by atoms with van der Waals surface area (Å²) in [5, 5.41) is 4.40. The molecule has 2 N–H and O–H groups in total. The predicted molar refractivity (Wildman–Crippen MR) is 102 cm³/mol. The molecule has 0 atom stereocenters. The second kappa shape index (κ2) is 7.52. The van der Waals surface area contributed by atoms with Crippen LogP contribution in [0.3, 0.4) is 0 Å². The van der Waals surface area contributed by atoms with E-state index in [9.17, 15) is 9.59 Å². The van der Waals surface area contributed by atoms with Gasteiger partial charge in [-0.05, 0) is 50.2 Å². The molecule has 2 aromatic rings. The number of fused-ring (bicyclic) bond motifs is 1. The zero-order valence-corrected chi connectivity index (χ0v) is 15.2. The molecule has 1 aromatic heterocycles. The molecule has 2 amide bonds. The summed E-state index contributed by atoms with van der Waals surface area (Å²) in [5.41, 5.74) is 2.44. The standard InChI is InChI=1S/C21H27N3O2/c25-20(7-3-4-16-14-22-19-6-2-1-5-18(16)19)24-12-10-17(11-13-24)23-21(26)15-8-9-15/h1-2,5-6,14-15,17,22H,3-4,7-13H2,(H,23,26). The number of nitrogens with zero attached hydrogens (tertiary/aromatic N) is 1. The van der Waals surface area contributed by atoms with Gasteiger partial charge in [0.2, 0.25) is 11.8 Å². The number of aryl methyl sites for hydroxylation is 1. The molecule has 0 radical (unpaired) electrons. The highest BCUT2D eigenvalue weighted by molar-refractivity contribution is 5.83. The van der Waals surface area contributed by atoms with E-state index in [0.717, 1.165) is 57.1 Å². The van der Waals surface area contributed by atoms with Gasteiger partial charge in [0.05, 0.1) is 0 Å². The number of aromatic nitrogens is 1. The topological polar surface area (TPSA) is 65.2 Å². The number of nitrogens with one attached hydrogen (secondary N) is 2. The molecule has 1 aliphatic carbocycles. The van der Waals surface area contributed by atoms with Gasteiger partial charge >= 0.3 is 0 Å². The first-order valence-corrected chi connectivity index (χ1v) is 9.84. The van der Waals surface area contributed by atoms with Crippen LogP contribution >= 0.6 is 0 Å². The van der Waals surface area contributed by atoms with Crippen molar-refractivity contribution in [3.8, 4) is 0 Å². The number of likely N-dealkylation sites (tertiary alicyclic amines) is 1. The van der Waals surface area contributed by atoms with E-state index in [1.54, 1.807) is 0 Å². The molecule has 5 heteroatoms. The number of aromatic amines is 1. The van der Waals surface area contributed by atoms with Gasteiger partial charge in [-0.15, -0.1) is 0 Å². The van der Waals surface area contributed by atoms with Gasteiger partial charge in [0.1, 0.15) is 0 Å². The first-order valence-electron chi connectivity index (χ1n) is 9.84. The summed E-state index contributed by atoms with van der Waals surface area (Å²) < 4.78 is 0. The number of H-pyrrole nitrogens is 1. The van der Waals surface area contributed by atoms with Gasteiger partial charge in [0, 0.05) is 48.6 Å². The second-order valence-corrected chi connectivity index (χ2v) is 7.65. The van der Waals surface area contributed by atoms with Gasteiger partial charge in [0.15, 0.2) is 0 Å². The highest BCUT2D eigenvalue weighted by atomic mass is 16.2. The summed E-state index contributed by atoms with van der Waals surface area (Å²) in [6.07, 6.45) is 8.29. The van der Waals surface area contributed by atoms with Crippen molar-refractivity contribution in [2.75, 3.05) is 13.1 Å². The SMILES string of the molecule is O=C(NC1CCN(C(=O)CCCc2c[nH]c3ccccc23)CC1)C1CC1. The maximum absolute atomic E-state index is 12.5. The molecule has 0 unspecified atom stereocenters. The molecule has 26 heavy (non-hydrogen) atoms. The molecule has 1 aliphatic heterocycles. The molecule has 2 heterocycles. The highest BCUT2D eigenvalue weighted by Gasteiger charge is 2.32. The molecule has 0 spiro atoms. The number of piperidine rings is 1. The van der Waals surface area contributed by atoms with Gasteiger partial charge in [-0.2, -0.15) is 0 Å². The first kappa shape index (κ1) is 17.1. The van der Waals surface area contributed by atoms with Crippen molar-refractivity contribution in [3.63, 3.8) is 0 Å². The first-order chi connectivity index (χ1) is 12.7. The van der Waals surface area contributed by atoms with E-state index < -0.39 is 0 Å². The van der Waals surface area contributed by atoms with Crippen molar-refractivity contribution >= 4 is 22.7 Å². The van der Waals surface area contributed by atoms with Crippen LogP contribution in [0.2, 0.25) is 0 Å². The third-order valence-electron chi connectivity index (χ3n) is 5.65. The maximum atomic E-state index is 12.5. The minimum absolute atomic E-state index is 0.216. The lowest BCUT2D eigenvalue weighted by Gasteiger charge is -2.32. The van der Waals surface area contributed by atoms with Crippen LogP contribution in [0.4, 0.5) is 0 Å². The fraction of sp³-hybridized carbons (Fsp3) is 0.524. The Labute approximate surface area is 154 Å². The summed E-state index contributed by atoms with van der Waals surface area (Å²) in [7, 11) is 0. The lowest BCUT2D eigenvalue weighted by molar-refractivity contribution is -0.132. The molecule has 1 saturated heterocycles. The zero-order valence-electron chi connectivity index (χ0n) is 15.2. The lowest BCUT2D eigenvalue weighted by Crippen LogP contribution is -2.46. The van der Waals surface area contributed by atoms with Crippen molar-refractivity contribution in [1.82, 2.24) is 15.2 Å². The van der Waals surface area contributed by atoms with Crippen LogP contribution in [0.1, 0.15) is 44.1 Å². The Morgan fingerprint density at radius 3 is 2.65 bits per heavy atom. The third-order valence-corrected chi connectivity index (χ3v) is 5.65. The van der Waals surface area contributed by atoms with Crippen LogP contribution in [0, 0.1) is 5.92 Å². The molecule has 2 aliphatic rings. The van der Waals surface area contributed by atoms with E-state index in [0.29, 0.717) is 6.42 Å². The van der Waals surface area contributed by atoms with Crippen LogP contribution in [0.25, 0.3) is 10.9 Å². The minimum Gasteiger partial charge on any atom is -0.361 e. The maximum Gasteiger partial charge on any atom is 0.223 e. The molecule has 138 valence electrons. The Morgan fingerprint density at radius 1 is 1.12 bits per heavy atom. The molecule has 5 nitrogen and oxygen atoms in total. The number of benzene rings is 1. The van der Waals surface area contributed by atoms with E-state index in [1.807, 2.05) is 11.0 Å². The van der Waals surface area contributed by atoms with Crippen LogP contribution in [-0.4, -0.2) is 40.8 Å². The van der Waals surface area contributed by atoms with Crippen LogP contribution in [0.5, 0.6) is 0 Å². The third kappa shape index (κ3) is 3.92. The molecule has 1 aromatic carbocycles. The summed E-state index contributed by atoms with van der Waals surface area (Å²) in [4.78, 5) is 29.6. The van der Waals surface area contributed by atoms with Crippen LogP contribution < -0.4 is 5.32 Å². The quantitative estimate of drug-likeness (QED) is 0.838. The fourth-order valence-electron chi connectivity index (χ4n) is 3.86. The van der Waals surface area contributed by atoms with E-state index in [4.69, 9.17) is 0 Å². The van der Waals surface area contributed by atoms with E-state index in [1.165, 1.54) is 10.9 Å². The molecule has 4 rings (SSSR count). The highest BCUT2D eigenvalue weighted by Crippen LogP contribution is 2.29. The number of carbonyl (C=O) groups is 2. The monoisotopic (exact) mass is 353 g/mol. The lowest BCUT2D eigenvalue weighted by atomic mass is 10.0. The second-order valence-electron chi connectivity index (χ2n) is 7.65. The summed E-state index contributed by atoms with van der Waals surface area (Å²) in [6.45, 7) is 1.53. The normalized spacial score (nSPS) is 18.2.